The maximum absolute atomic E-state index is 13.2. The molecule has 0 atom stereocenters. The lowest BCUT2D eigenvalue weighted by Gasteiger charge is -2.16. The molecule has 1 aliphatic carbocycles. The van der Waals surface area contributed by atoms with Gasteiger partial charge in [-0.3, -0.25) is 10.1 Å². The van der Waals surface area contributed by atoms with Crippen molar-refractivity contribution in [3.05, 3.63) is 32.5 Å². The van der Waals surface area contributed by atoms with Gasteiger partial charge in [0.15, 0.2) is 0 Å². The van der Waals surface area contributed by atoms with Crippen LogP contribution in [0.4, 0.5) is 15.8 Å². The summed E-state index contributed by atoms with van der Waals surface area (Å²) in [4.78, 5) is 10.2. The number of aliphatic hydroxyl groups excluding tert-OH is 1. The number of nitro benzene ring substituents is 1. The zero-order chi connectivity index (χ0) is 12.6. The summed E-state index contributed by atoms with van der Waals surface area (Å²) in [6.07, 6.45) is 1.49. The van der Waals surface area contributed by atoms with Gasteiger partial charge in [-0.25, -0.2) is 4.39 Å². The van der Waals surface area contributed by atoms with E-state index in [1.54, 1.807) is 0 Å². The normalized spacial score (nSPS) is 16.6. The Morgan fingerprint density at radius 2 is 2.24 bits per heavy atom. The molecule has 0 bridgehead atoms. The van der Waals surface area contributed by atoms with Crippen LogP contribution < -0.4 is 5.32 Å². The summed E-state index contributed by atoms with van der Waals surface area (Å²) in [5, 5.41) is 22.9. The maximum atomic E-state index is 13.2. The first kappa shape index (κ1) is 12.3. The van der Waals surface area contributed by atoms with E-state index in [9.17, 15) is 14.5 Å². The molecule has 0 saturated heterocycles. The minimum atomic E-state index is -0.684. The number of nitro groups is 1. The molecular weight excluding hydrogens is 295 g/mol. The highest BCUT2D eigenvalue weighted by atomic mass is 79.9. The van der Waals surface area contributed by atoms with E-state index in [2.05, 4.69) is 21.2 Å². The first-order valence-electron chi connectivity index (χ1n) is 5.00. The maximum Gasteiger partial charge on any atom is 0.295 e. The molecule has 1 aliphatic rings. The van der Waals surface area contributed by atoms with E-state index >= 15 is 0 Å². The van der Waals surface area contributed by atoms with Crippen molar-refractivity contribution in [2.45, 2.75) is 18.4 Å². The summed E-state index contributed by atoms with van der Waals surface area (Å²) in [5.74, 6) is -0.684. The molecule has 7 heteroatoms. The van der Waals surface area contributed by atoms with Gasteiger partial charge in [0.1, 0.15) is 11.5 Å². The second kappa shape index (κ2) is 4.23. The van der Waals surface area contributed by atoms with E-state index in [0.29, 0.717) is 0 Å². The third-order valence-electron chi connectivity index (χ3n) is 2.79. The molecule has 92 valence electrons. The van der Waals surface area contributed by atoms with Gasteiger partial charge in [-0.15, -0.1) is 0 Å². The standard InChI is InChI=1S/C10H10BrFN2O3/c11-6-3-8(13-10(5-15)1-2-10)9(14(16)17)4-7(6)12/h3-4,13,15H,1-2,5H2. The molecule has 0 radical (unpaired) electrons. The molecule has 1 saturated carbocycles. The molecule has 5 nitrogen and oxygen atoms in total. The van der Waals surface area contributed by atoms with E-state index in [1.165, 1.54) is 6.07 Å². The van der Waals surface area contributed by atoms with E-state index < -0.39 is 16.3 Å². The fourth-order valence-corrected chi connectivity index (χ4v) is 1.89. The Labute approximate surface area is 105 Å². The number of hydrogen-bond donors (Lipinski definition) is 2. The summed E-state index contributed by atoms with van der Waals surface area (Å²) >= 11 is 2.98. The van der Waals surface area contributed by atoms with Crippen molar-refractivity contribution in [2.24, 2.45) is 0 Å². The zero-order valence-electron chi connectivity index (χ0n) is 8.74. The molecule has 17 heavy (non-hydrogen) atoms. The van der Waals surface area contributed by atoms with Crippen molar-refractivity contribution in [3.8, 4) is 0 Å². The van der Waals surface area contributed by atoms with Gasteiger partial charge in [0.05, 0.1) is 27.6 Å². The summed E-state index contributed by atoms with van der Waals surface area (Å²) in [6.45, 7) is -0.0981. The Morgan fingerprint density at radius 3 is 2.71 bits per heavy atom. The van der Waals surface area contributed by atoms with E-state index in [1.807, 2.05) is 0 Å². The minimum absolute atomic E-state index is 0.0981. The summed E-state index contributed by atoms with van der Waals surface area (Å²) < 4.78 is 13.4. The second-order valence-electron chi connectivity index (χ2n) is 4.10. The zero-order valence-corrected chi connectivity index (χ0v) is 10.3. The van der Waals surface area contributed by atoms with Crippen molar-refractivity contribution in [3.63, 3.8) is 0 Å². The van der Waals surface area contributed by atoms with Gasteiger partial charge < -0.3 is 10.4 Å². The Hall–Kier alpha value is -1.21. The van der Waals surface area contributed by atoms with E-state index in [-0.39, 0.29) is 22.5 Å². The van der Waals surface area contributed by atoms with E-state index in [4.69, 9.17) is 5.11 Å². The number of rotatable bonds is 4. The third kappa shape index (κ3) is 2.39. The first-order valence-corrected chi connectivity index (χ1v) is 5.79. The SMILES string of the molecule is O=[N+]([O-])c1cc(F)c(Br)cc1NC1(CO)CC1. The quantitative estimate of drug-likeness (QED) is 0.662. The van der Waals surface area contributed by atoms with Crippen LogP contribution in [0.5, 0.6) is 0 Å². The van der Waals surface area contributed by atoms with Crippen LogP contribution in [-0.2, 0) is 0 Å². The molecule has 0 spiro atoms. The van der Waals surface area contributed by atoms with Crippen LogP contribution in [0.2, 0.25) is 0 Å². The Bertz CT molecular complexity index is 477. The minimum Gasteiger partial charge on any atom is -0.394 e. The molecule has 0 amide bonds. The number of halogens is 2. The molecular formula is C10H10BrFN2O3. The van der Waals surface area contributed by atoms with Crippen molar-refractivity contribution in [2.75, 3.05) is 11.9 Å². The van der Waals surface area contributed by atoms with Gasteiger partial charge in [0.25, 0.3) is 5.69 Å². The fraction of sp³-hybridized carbons (Fsp3) is 0.400. The van der Waals surface area contributed by atoms with Crippen LogP contribution in [0.15, 0.2) is 16.6 Å². The number of nitrogens with zero attached hydrogens (tertiary/aromatic N) is 1. The van der Waals surface area contributed by atoms with Crippen LogP contribution in [0.3, 0.4) is 0 Å². The van der Waals surface area contributed by atoms with Crippen LogP contribution in [-0.4, -0.2) is 22.2 Å². The van der Waals surface area contributed by atoms with Crippen molar-refractivity contribution >= 4 is 27.3 Å². The highest BCUT2D eigenvalue weighted by Gasteiger charge is 2.43. The van der Waals surface area contributed by atoms with Crippen LogP contribution >= 0.6 is 15.9 Å². The molecule has 1 aromatic rings. The Kier molecular flexibility index (Phi) is 3.05. The number of aliphatic hydroxyl groups is 1. The summed E-state index contributed by atoms with van der Waals surface area (Å²) in [7, 11) is 0. The van der Waals surface area contributed by atoms with Crippen LogP contribution in [0.25, 0.3) is 0 Å². The predicted octanol–water partition coefficient (Wildman–Crippen LogP) is 2.43. The lowest BCUT2D eigenvalue weighted by atomic mass is 10.2. The molecule has 0 unspecified atom stereocenters. The van der Waals surface area contributed by atoms with Crippen LogP contribution in [0.1, 0.15) is 12.8 Å². The summed E-state index contributed by atoms with van der Waals surface area (Å²) in [5.41, 5.74) is -0.595. The monoisotopic (exact) mass is 304 g/mol. The molecule has 2 rings (SSSR count). The average molecular weight is 305 g/mol. The molecule has 0 aliphatic heterocycles. The Morgan fingerprint density at radius 1 is 1.59 bits per heavy atom. The Balaban J connectivity index is 2.37. The second-order valence-corrected chi connectivity index (χ2v) is 4.96. The number of nitrogens with one attached hydrogen (secondary N) is 1. The number of anilines is 1. The number of benzene rings is 1. The molecule has 1 fully saturated rings. The van der Waals surface area contributed by atoms with Crippen LogP contribution in [0, 0.1) is 15.9 Å². The predicted molar refractivity (Wildman–Crippen MR) is 63.4 cm³/mol. The van der Waals surface area contributed by atoms with Gasteiger partial charge in [0, 0.05) is 0 Å². The lowest BCUT2D eigenvalue weighted by molar-refractivity contribution is -0.384. The van der Waals surface area contributed by atoms with Gasteiger partial charge in [-0.05, 0) is 34.8 Å². The van der Waals surface area contributed by atoms with Crippen molar-refractivity contribution in [1.82, 2.24) is 0 Å². The smallest absolute Gasteiger partial charge is 0.295 e. The molecule has 0 aromatic heterocycles. The van der Waals surface area contributed by atoms with Gasteiger partial charge in [-0.1, -0.05) is 0 Å². The topological polar surface area (TPSA) is 75.4 Å². The van der Waals surface area contributed by atoms with Gasteiger partial charge in [-0.2, -0.15) is 0 Å². The number of hydrogen-bond acceptors (Lipinski definition) is 4. The highest BCUT2D eigenvalue weighted by molar-refractivity contribution is 9.10. The lowest BCUT2D eigenvalue weighted by Crippen LogP contribution is -2.26. The highest BCUT2D eigenvalue weighted by Crippen LogP contribution is 2.41. The average Bonchev–Trinajstić information content (AvgIpc) is 3.03. The summed E-state index contributed by atoms with van der Waals surface area (Å²) in [6, 6.07) is 2.18. The molecule has 0 heterocycles. The molecule has 2 N–H and O–H groups in total. The van der Waals surface area contributed by atoms with E-state index in [0.717, 1.165) is 18.9 Å². The van der Waals surface area contributed by atoms with Gasteiger partial charge >= 0.3 is 0 Å². The van der Waals surface area contributed by atoms with Gasteiger partial charge in [0.2, 0.25) is 0 Å². The van der Waals surface area contributed by atoms with Crippen molar-refractivity contribution in [1.29, 1.82) is 0 Å². The third-order valence-corrected chi connectivity index (χ3v) is 3.40. The van der Waals surface area contributed by atoms with Crippen molar-refractivity contribution < 1.29 is 14.4 Å². The largest absolute Gasteiger partial charge is 0.394 e. The fourth-order valence-electron chi connectivity index (χ4n) is 1.55. The first-order chi connectivity index (χ1) is 7.97. The molecule has 1 aromatic carbocycles.